The molecule has 5 nitrogen and oxygen atoms in total. The van der Waals surface area contributed by atoms with Crippen molar-refractivity contribution in [2.45, 2.75) is 15.8 Å². The maximum Gasteiger partial charge on any atom is 0.253 e. The summed E-state index contributed by atoms with van der Waals surface area (Å²) in [5, 5.41) is 11.5. The van der Waals surface area contributed by atoms with Gasteiger partial charge in [-0.25, -0.2) is 0 Å². The van der Waals surface area contributed by atoms with E-state index < -0.39 is 0 Å². The van der Waals surface area contributed by atoms with E-state index in [-0.39, 0.29) is 11.9 Å². The average Bonchev–Trinajstić information content (AvgIpc) is 3.50. The number of pyridine rings is 1. The topological polar surface area (TPSA) is 70.7 Å². The molecule has 0 spiro atoms. The van der Waals surface area contributed by atoms with Crippen LogP contribution in [-0.2, 0) is 0 Å². The van der Waals surface area contributed by atoms with Crippen molar-refractivity contribution in [3.8, 4) is 0 Å². The summed E-state index contributed by atoms with van der Waals surface area (Å²) in [4.78, 5) is 18.8. The molecule has 2 heterocycles. The number of nitrogens with zero attached hydrogens (tertiary/aromatic N) is 2. The first-order chi connectivity index (χ1) is 14.8. The smallest absolute Gasteiger partial charge is 0.253 e. The second-order valence-electron chi connectivity index (χ2n) is 6.89. The monoisotopic (exact) mass is 410 g/mol. The highest BCUT2D eigenvalue weighted by Crippen LogP contribution is 2.33. The molecule has 1 amide bonds. The molecule has 0 bridgehead atoms. The second-order valence-corrected chi connectivity index (χ2v) is 8.00. The Labute approximate surface area is 177 Å². The van der Waals surface area contributed by atoms with Crippen LogP contribution in [0.1, 0.15) is 21.7 Å². The highest BCUT2D eigenvalue weighted by Gasteiger charge is 2.18. The van der Waals surface area contributed by atoms with E-state index in [1.54, 1.807) is 18.0 Å². The molecule has 0 fully saturated rings. The third-order valence-electron chi connectivity index (χ3n) is 4.71. The maximum atomic E-state index is 12.5. The van der Waals surface area contributed by atoms with Gasteiger partial charge in [-0.1, -0.05) is 42.1 Å². The molecule has 2 aromatic heterocycles. The number of hydrogen-bond donors (Lipinski definition) is 2. The van der Waals surface area contributed by atoms with Crippen LogP contribution in [0.15, 0.2) is 88.8 Å². The van der Waals surface area contributed by atoms with E-state index in [1.165, 1.54) is 0 Å². The number of carbonyl (C=O) groups excluding carboxylic acids is 1. The molecule has 0 saturated carbocycles. The molecule has 30 heavy (non-hydrogen) atoms. The molecule has 1 aliphatic rings. The number of hydrogen-bond acceptors (Lipinski definition) is 4. The number of rotatable bonds is 6. The number of amides is 1. The van der Waals surface area contributed by atoms with Gasteiger partial charge in [0.15, 0.2) is 0 Å². The first-order valence-corrected chi connectivity index (χ1v) is 10.4. The zero-order chi connectivity index (χ0) is 20.3. The van der Waals surface area contributed by atoms with Gasteiger partial charge in [-0.3, -0.25) is 14.9 Å². The second kappa shape index (κ2) is 8.00. The van der Waals surface area contributed by atoms with E-state index in [1.807, 2.05) is 66.8 Å². The average molecular weight is 411 g/mol. The Kier molecular flexibility index (Phi) is 4.91. The molecule has 0 unspecified atom stereocenters. The van der Waals surface area contributed by atoms with E-state index >= 15 is 0 Å². The summed E-state index contributed by atoms with van der Waals surface area (Å²) in [7, 11) is 0. The van der Waals surface area contributed by atoms with Crippen molar-refractivity contribution in [3.05, 3.63) is 96.0 Å². The first kappa shape index (κ1) is 18.4. The SMILES string of the molecule is O=C(NC1C=C1)c1ccccc1Sc1ccc2c(/C=C/c3ccccn3)n[nH]c2c1. The van der Waals surface area contributed by atoms with Crippen LogP contribution in [0.2, 0.25) is 0 Å². The van der Waals surface area contributed by atoms with Gasteiger partial charge in [0.2, 0.25) is 0 Å². The highest BCUT2D eigenvalue weighted by molar-refractivity contribution is 7.99. The van der Waals surface area contributed by atoms with Crippen molar-refractivity contribution in [1.82, 2.24) is 20.5 Å². The third-order valence-corrected chi connectivity index (χ3v) is 5.77. The number of nitrogens with one attached hydrogen (secondary N) is 2. The Bertz CT molecular complexity index is 1270. The summed E-state index contributed by atoms with van der Waals surface area (Å²) in [6.07, 6.45) is 9.59. The lowest BCUT2D eigenvalue weighted by atomic mass is 10.2. The molecule has 5 rings (SSSR count). The van der Waals surface area contributed by atoms with E-state index in [0.29, 0.717) is 5.56 Å². The fourth-order valence-corrected chi connectivity index (χ4v) is 4.08. The lowest BCUT2D eigenvalue weighted by molar-refractivity contribution is 0.0951. The molecule has 4 aromatic rings. The Hall–Kier alpha value is -3.64. The van der Waals surface area contributed by atoms with Crippen molar-refractivity contribution in [1.29, 1.82) is 0 Å². The van der Waals surface area contributed by atoms with Gasteiger partial charge in [-0.15, -0.1) is 0 Å². The van der Waals surface area contributed by atoms with Crippen molar-refractivity contribution in [2.24, 2.45) is 0 Å². The highest BCUT2D eigenvalue weighted by atomic mass is 32.2. The summed E-state index contributed by atoms with van der Waals surface area (Å²) < 4.78 is 0. The van der Waals surface area contributed by atoms with Crippen LogP contribution in [0, 0.1) is 0 Å². The number of H-pyrrole nitrogens is 1. The minimum absolute atomic E-state index is 0.0577. The Balaban J connectivity index is 1.38. The normalized spacial score (nSPS) is 13.2. The first-order valence-electron chi connectivity index (χ1n) is 9.59. The molecule has 0 radical (unpaired) electrons. The maximum absolute atomic E-state index is 12.5. The van der Waals surface area contributed by atoms with Gasteiger partial charge < -0.3 is 5.32 Å². The quantitative estimate of drug-likeness (QED) is 0.441. The fourth-order valence-electron chi connectivity index (χ4n) is 3.10. The summed E-state index contributed by atoms with van der Waals surface area (Å²) in [6.45, 7) is 0. The van der Waals surface area contributed by atoms with Gasteiger partial charge >= 0.3 is 0 Å². The van der Waals surface area contributed by atoms with Crippen molar-refractivity contribution >= 4 is 40.7 Å². The zero-order valence-electron chi connectivity index (χ0n) is 15.9. The van der Waals surface area contributed by atoms with Gasteiger partial charge in [-0.2, -0.15) is 5.10 Å². The number of aromatic amines is 1. The molecule has 146 valence electrons. The van der Waals surface area contributed by atoms with Crippen LogP contribution >= 0.6 is 11.8 Å². The van der Waals surface area contributed by atoms with Gasteiger partial charge in [0.05, 0.1) is 28.5 Å². The van der Waals surface area contributed by atoms with E-state index in [4.69, 9.17) is 0 Å². The van der Waals surface area contributed by atoms with Crippen LogP contribution < -0.4 is 5.32 Å². The van der Waals surface area contributed by atoms with Crippen LogP contribution in [0.3, 0.4) is 0 Å². The molecule has 0 saturated heterocycles. The standard InChI is InChI=1S/C24H18N4OS/c29-24(26-17-8-9-17)20-6-1-2-7-23(20)30-18-11-12-19-21(27-28-22(19)15-18)13-10-16-5-3-4-14-25-16/h1-15,17H,(H,26,29)(H,27,28)/b13-10+. The molecule has 2 aromatic carbocycles. The molecule has 1 aliphatic carbocycles. The minimum Gasteiger partial charge on any atom is -0.342 e. The van der Waals surface area contributed by atoms with Crippen molar-refractivity contribution in [3.63, 3.8) is 0 Å². The molecule has 6 heteroatoms. The Morgan fingerprint density at radius 2 is 1.90 bits per heavy atom. The van der Waals surface area contributed by atoms with E-state index in [0.717, 1.165) is 32.1 Å². The van der Waals surface area contributed by atoms with E-state index in [9.17, 15) is 4.79 Å². The summed E-state index contributed by atoms with van der Waals surface area (Å²) >= 11 is 1.57. The molecular formula is C24H18N4OS. The van der Waals surface area contributed by atoms with Crippen LogP contribution in [0.25, 0.3) is 23.1 Å². The third kappa shape index (κ3) is 4.04. The predicted molar refractivity (Wildman–Crippen MR) is 120 cm³/mol. The zero-order valence-corrected chi connectivity index (χ0v) is 16.8. The van der Waals surface area contributed by atoms with Crippen LogP contribution in [0.5, 0.6) is 0 Å². The predicted octanol–water partition coefficient (Wildman–Crippen LogP) is 4.95. The Morgan fingerprint density at radius 1 is 1.03 bits per heavy atom. The van der Waals surface area contributed by atoms with Crippen LogP contribution in [-0.4, -0.2) is 27.1 Å². The van der Waals surface area contributed by atoms with Crippen LogP contribution in [0.4, 0.5) is 0 Å². The number of fused-ring (bicyclic) bond motifs is 1. The van der Waals surface area contributed by atoms with Gasteiger partial charge in [0, 0.05) is 21.4 Å². The van der Waals surface area contributed by atoms with Gasteiger partial charge in [0.25, 0.3) is 5.91 Å². The summed E-state index contributed by atoms with van der Waals surface area (Å²) in [6, 6.07) is 19.7. The largest absolute Gasteiger partial charge is 0.342 e. The van der Waals surface area contributed by atoms with Gasteiger partial charge in [0.1, 0.15) is 0 Å². The van der Waals surface area contributed by atoms with Gasteiger partial charge in [-0.05, 0) is 54.6 Å². The fraction of sp³-hybridized carbons (Fsp3) is 0.0417. The molecule has 0 aliphatic heterocycles. The Morgan fingerprint density at radius 3 is 2.73 bits per heavy atom. The number of aromatic nitrogens is 3. The summed E-state index contributed by atoms with van der Waals surface area (Å²) in [5.74, 6) is -0.0577. The lowest BCUT2D eigenvalue weighted by Crippen LogP contribution is -2.26. The lowest BCUT2D eigenvalue weighted by Gasteiger charge is -2.09. The summed E-state index contributed by atoms with van der Waals surface area (Å²) in [5.41, 5.74) is 3.38. The molecular weight excluding hydrogens is 392 g/mol. The molecule has 2 N–H and O–H groups in total. The number of carbonyl (C=O) groups is 1. The molecule has 0 atom stereocenters. The van der Waals surface area contributed by atoms with Crippen molar-refractivity contribution < 1.29 is 4.79 Å². The van der Waals surface area contributed by atoms with Crippen molar-refractivity contribution in [2.75, 3.05) is 0 Å². The minimum atomic E-state index is -0.0577. The number of benzene rings is 2. The van der Waals surface area contributed by atoms with E-state index in [2.05, 4.69) is 38.7 Å².